The maximum absolute atomic E-state index is 12.0. The second-order valence-corrected chi connectivity index (χ2v) is 32.5. The number of halogens is 2. The van der Waals surface area contributed by atoms with Crippen molar-refractivity contribution in [2.45, 2.75) is 27.7 Å². The minimum atomic E-state index is -1.00. The zero-order valence-corrected chi connectivity index (χ0v) is 80.9. The Morgan fingerprint density at radius 1 is 0.343 bits per heavy atom. The van der Waals surface area contributed by atoms with Crippen LogP contribution in [0.25, 0.3) is 89.2 Å². The second kappa shape index (κ2) is 49.1. The van der Waals surface area contributed by atoms with Gasteiger partial charge in [0.15, 0.2) is 17.5 Å². The molecule has 4 fully saturated rings. The molecule has 12 heterocycles. The molecule has 0 bridgehead atoms. The first kappa shape index (κ1) is 99.9. The van der Waals surface area contributed by atoms with Crippen LogP contribution in [0.3, 0.4) is 0 Å². The number of rotatable bonds is 15. The van der Waals surface area contributed by atoms with E-state index in [1.165, 1.54) is 19.8 Å². The Labute approximate surface area is 824 Å². The first-order chi connectivity index (χ1) is 66.2. The number of carboxylic acids is 2. The number of benzene rings is 8. The van der Waals surface area contributed by atoms with Crippen LogP contribution in [0.1, 0.15) is 65.1 Å². The number of fused-ring (bicyclic) bond motifs is 4. The number of carbonyl (C=O) groups excluding carboxylic acids is 2. The number of aromatic carboxylic acids is 2. The van der Waals surface area contributed by atoms with Gasteiger partial charge in [-0.05, 0) is 157 Å². The van der Waals surface area contributed by atoms with Crippen LogP contribution in [-0.2, 0) is 9.47 Å². The number of esters is 2. The van der Waals surface area contributed by atoms with Gasteiger partial charge in [0.1, 0.15) is 44.8 Å². The molecule has 0 saturated carbocycles. The molecule has 8 aromatic heterocycles. The van der Waals surface area contributed by atoms with Crippen molar-refractivity contribution < 1.29 is 84.8 Å². The standard InChI is InChI=1S/C26H25N5O2.C25H23N5O2.C24H22N6O2.C16H11BrN2O2.C10H15N3.CH3F.CH4O.Na.H2O/c1-18-8-11-23(27-17-18)30-12-14-31(15-13-30)25-24(19-6-4-3-5-7-19)28-21-10-9-20(26(32)33-2)16-22(21)29-25;1-17-7-10-22(26-16-17)29-11-13-30(14-12-29)24-23(18-5-3-2-4-6-18)27-20-9-8-19(25(31)32)15-21(20)28-24;1-16-14-25-24(26-15-16)30-11-9-29(10-12-30)22-21(17-5-3-2-4-6-17)27-19-8-7-18(23(31)32)13-20(19)28-22;1-21-16(20)11-7-8-12-13(9-11)19-15(17)14(18-12)10-5-3-2-4-6-10;1-9-2-3-10(12-8-9)13-6-4-11-5-7-13;2*1-2;;/h3-11,16-17H,12-15H2,1-2H3;2-10,15-16H,11-14H2,1H3,(H,31,32);2-8,13-15H,9-12H2,1H3,(H,31,32);2-9H,1H3;2-3,8,11H,4-7H2,1H3;1H3;2H,1H3;;1H2/q;;;;;;;+1;/p-1/i;;;;;1D;;;. The molecule has 8 aromatic carbocycles. The van der Waals surface area contributed by atoms with Gasteiger partial charge >= 0.3 is 53.4 Å². The smallest absolute Gasteiger partial charge is 0.870 e. The van der Waals surface area contributed by atoms with E-state index in [1.54, 1.807) is 66.7 Å². The van der Waals surface area contributed by atoms with Crippen molar-refractivity contribution in [3.8, 4) is 45.0 Å². The van der Waals surface area contributed by atoms with Gasteiger partial charge in [0.05, 0.1) is 89.1 Å². The molecular weight excluding hydrogens is 1810 g/mol. The average molecular weight is 1920 g/mol. The van der Waals surface area contributed by atoms with Crippen LogP contribution in [0, 0.1) is 27.7 Å². The zero-order valence-electron chi connectivity index (χ0n) is 78.3. The quantitative estimate of drug-likeness (QED) is 0.0547. The monoisotopic (exact) mass is 1920 g/mol. The third-order valence-corrected chi connectivity index (χ3v) is 23.2. The minimum Gasteiger partial charge on any atom is -0.870 e. The summed E-state index contributed by atoms with van der Waals surface area (Å²) in [6.07, 6.45) is 9.39. The van der Waals surface area contributed by atoms with Gasteiger partial charge in [-0.25, -0.2) is 84.0 Å². The van der Waals surface area contributed by atoms with E-state index in [2.05, 4.69) is 146 Å². The van der Waals surface area contributed by atoms with Gasteiger partial charge in [0, 0.05) is 165 Å². The van der Waals surface area contributed by atoms with Crippen LogP contribution < -0.4 is 69.2 Å². The number of nitrogens with zero attached hydrogens (tertiary/aromatic N) is 20. The molecule has 4 saturated heterocycles. The van der Waals surface area contributed by atoms with E-state index in [9.17, 15) is 33.8 Å². The van der Waals surface area contributed by atoms with Crippen molar-refractivity contribution >= 4 is 125 Å². The van der Waals surface area contributed by atoms with Gasteiger partial charge in [-0.3, -0.25) is 4.39 Å². The van der Waals surface area contributed by atoms with Crippen LogP contribution in [0.5, 0.6) is 0 Å². The fourth-order valence-corrected chi connectivity index (χ4v) is 16.0. The van der Waals surface area contributed by atoms with E-state index in [-0.39, 0.29) is 58.1 Å². The number of anilines is 7. The molecule has 20 rings (SSSR count). The largest absolute Gasteiger partial charge is 1.00 e. The van der Waals surface area contributed by atoms with E-state index in [0.717, 1.165) is 225 Å². The summed E-state index contributed by atoms with van der Waals surface area (Å²) in [5, 5.41) is 29.1. The Morgan fingerprint density at radius 2 is 0.613 bits per heavy atom. The summed E-state index contributed by atoms with van der Waals surface area (Å²) in [6.45, 7) is 21.8. The molecular formula is C103H104BrFN21NaO10. The molecule has 0 radical (unpaired) electrons. The fourth-order valence-electron chi connectivity index (χ4n) is 15.5. The average Bonchev–Trinajstić information content (AvgIpc) is 0.779. The van der Waals surface area contributed by atoms with E-state index in [4.69, 9.17) is 45.9 Å². The Morgan fingerprint density at radius 3 is 0.920 bits per heavy atom. The molecule has 5 N–H and O–H groups in total. The number of aromatic nitrogens is 13. The van der Waals surface area contributed by atoms with Crippen molar-refractivity contribution in [3.05, 3.63) is 311 Å². The van der Waals surface area contributed by atoms with Crippen LogP contribution in [0.15, 0.2) is 266 Å². The number of alkyl halides is 1. The van der Waals surface area contributed by atoms with Crippen LogP contribution in [0.2, 0.25) is 0 Å². The predicted octanol–water partition coefficient (Wildman–Crippen LogP) is 13.2. The van der Waals surface area contributed by atoms with Crippen molar-refractivity contribution in [2.24, 2.45) is 0 Å². The Kier molecular flexibility index (Phi) is 35.8. The number of carboxylic acid groups (broad SMARTS) is 2. The molecule has 4 aliphatic rings. The zero-order chi connectivity index (χ0) is 95.6. The summed E-state index contributed by atoms with van der Waals surface area (Å²) in [5.74, 6) is 3.46. The van der Waals surface area contributed by atoms with Crippen molar-refractivity contribution in [3.63, 3.8) is 0 Å². The normalized spacial score (nSPS) is 13.4. The van der Waals surface area contributed by atoms with Crippen LogP contribution >= 0.6 is 15.9 Å². The summed E-state index contributed by atoms with van der Waals surface area (Å²) in [7, 11) is 2.73. The maximum atomic E-state index is 12.0. The van der Waals surface area contributed by atoms with E-state index >= 15 is 0 Å². The summed E-state index contributed by atoms with van der Waals surface area (Å²) in [4.78, 5) is 123. The topological polar surface area (TPSA) is 380 Å². The van der Waals surface area contributed by atoms with Gasteiger partial charge in [-0.15, -0.1) is 0 Å². The number of aryl methyl sites for hydroxylation is 4. The molecule has 696 valence electrons. The molecule has 0 atom stereocenters. The van der Waals surface area contributed by atoms with Gasteiger partial charge < -0.3 is 69.9 Å². The number of aliphatic hydroxyl groups excluding tert-OH is 1. The third-order valence-electron chi connectivity index (χ3n) is 22.6. The van der Waals surface area contributed by atoms with E-state index < -0.39 is 19.1 Å². The molecule has 16 aromatic rings. The van der Waals surface area contributed by atoms with Gasteiger partial charge in [0.2, 0.25) is 5.95 Å². The number of hydrogen-bond acceptors (Lipinski definition) is 29. The number of nitrogens with one attached hydrogen (secondary N) is 1. The summed E-state index contributed by atoms with van der Waals surface area (Å²) < 4.78 is 25.7. The number of methoxy groups -OCH3 is 2. The number of piperazine rings is 4. The SMILES string of the molecule is CO.COC(=O)c1ccc2nc(-c3ccccc3)c(Br)nc2c1.COC(=O)c1ccc2nc(-c3ccccc3)c(N3CCN(c4ccc(C)cn4)CC3)nc2c1.Cc1ccc(N2CCN(c3nc4cc(C(=O)O)ccc4nc3-c3ccccc3)CC2)nc1.Cc1ccc(N2CCNCC2)nc1.Cc1cnc(N2CCN(c3nc4cc(C(=O)O)ccc4nc3-c3ccccc3)CC2)nc1.[2H]CF.[Na+].[OH-]. The molecule has 0 amide bonds. The Hall–Kier alpha value is -14.6. The molecule has 31 nitrogen and oxygen atoms in total. The van der Waals surface area contributed by atoms with Crippen molar-refractivity contribution in [2.75, 3.05) is 167 Å². The number of aliphatic hydroxyl groups is 1. The number of pyridine rings is 3. The summed E-state index contributed by atoms with van der Waals surface area (Å²) in [5.41, 5.74) is 18.4. The maximum Gasteiger partial charge on any atom is 1.00 e. The van der Waals surface area contributed by atoms with Gasteiger partial charge in [0.25, 0.3) is 0 Å². The molecule has 0 unspecified atom stereocenters. The molecule has 137 heavy (non-hydrogen) atoms. The van der Waals surface area contributed by atoms with Gasteiger partial charge in [-0.1, -0.05) is 140 Å². The molecule has 34 heteroatoms. The predicted molar refractivity (Wildman–Crippen MR) is 533 cm³/mol. The number of ether oxygens (including phenoxy) is 2. The van der Waals surface area contributed by atoms with Crippen molar-refractivity contribution in [1.82, 2.24) is 70.1 Å². The number of hydrogen-bond donors (Lipinski definition) is 4. The van der Waals surface area contributed by atoms with Crippen LogP contribution in [0.4, 0.5) is 45.2 Å². The van der Waals surface area contributed by atoms with E-state index in [1.807, 2.05) is 167 Å². The summed E-state index contributed by atoms with van der Waals surface area (Å²) >= 11 is 3.44. The first-order valence-corrected chi connectivity index (χ1v) is 44.6. The fraction of sp³-hybridized carbons (Fsp3) is 0.233. The molecule has 0 spiro atoms. The Balaban J connectivity index is 0.000000156. The van der Waals surface area contributed by atoms with E-state index in [0.29, 0.717) is 48.8 Å². The third kappa shape index (κ3) is 25.7. The van der Waals surface area contributed by atoms with Gasteiger partial charge in [-0.2, -0.15) is 0 Å². The molecule has 0 aliphatic carbocycles. The van der Waals surface area contributed by atoms with Crippen LogP contribution in [-0.4, -0.2) is 243 Å². The summed E-state index contributed by atoms with van der Waals surface area (Å²) in [6, 6.07) is 72.6. The second-order valence-electron chi connectivity index (χ2n) is 31.7. The molecule has 4 aliphatic heterocycles. The first-order valence-electron chi connectivity index (χ1n) is 44.6. The Bertz CT molecular complexity index is 6550. The minimum absolute atomic E-state index is 0. The van der Waals surface area contributed by atoms with Crippen molar-refractivity contribution in [1.29, 1.82) is 0 Å². The number of carbonyl (C=O) groups is 4.